The van der Waals surface area contributed by atoms with Gasteiger partial charge in [-0.15, -0.1) is 10.2 Å². The zero-order chi connectivity index (χ0) is 23.2. The maximum Gasteiger partial charge on any atom is 0.338 e. The highest BCUT2D eigenvalue weighted by Gasteiger charge is 2.26. The maximum absolute atomic E-state index is 12.7. The average Bonchev–Trinajstić information content (AvgIpc) is 2.85. The molecule has 1 saturated heterocycles. The summed E-state index contributed by atoms with van der Waals surface area (Å²) in [5.41, 5.74) is 4.26. The third-order valence-corrected chi connectivity index (χ3v) is 5.92. The molecule has 1 aliphatic rings. The number of nitrogens with zero attached hydrogens (tertiary/aromatic N) is 3. The standard InChI is InChI=1S/C26H28N4O3/c1-3-33-26(32)20-8-10-21(11-9-20)27-25(31)19-14-16-30(17-15-19)24-13-12-23(28-29-24)22-7-5-4-6-18(22)2/h4-13,19H,3,14-17H2,1-2H3,(H,27,31). The summed E-state index contributed by atoms with van der Waals surface area (Å²) in [6.07, 6.45) is 1.49. The van der Waals surface area contributed by atoms with Crippen LogP contribution in [0.15, 0.2) is 60.7 Å². The van der Waals surface area contributed by atoms with Gasteiger partial charge in [-0.1, -0.05) is 24.3 Å². The van der Waals surface area contributed by atoms with E-state index in [0.717, 1.165) is 43.0 Å². The van der Waals surface area contributed by atoms with E-state index in [-0.39, 0.29) is 17.8 Å². The van der Waals surface area contributed by atoms with Crippen molar-refractivity contribution in [2.24, 2.45) is 5.92 Å². The van der Waals surface area contributed by atoms with Gasteiger partial charge in [0.2, 0.25) is 5.91 Å². The number of aryl methyl sites for hydroxylation is 1. The highest BCUT2D eigenvalue weighted by molar-refractivity contribution is 5.94. The van der Waals surface area contributed by atoms with E-state index in [1.165, 1.54) is 5.56 Å². The van der Waals surface area contributed by atoms with E-state index >= 15 is 0 Å². The molecule has 3 aromatic rings. The minimum atomic E-state index is -0.363. The number of ether oxygens (including phenoxy) is 1. The molecule has 1 amide bonds. The van der Waals surface area contributed by atoms with E-state index in [9.17, 15) is 9.59 Å². The van der Waals surface area contributed by atoms with Gasteiger partial charge in [-0.3, -0.25) is 4.79 Å². The first-order chi connectivity index (χ1) is 16.0. The fourth-order valence-corrected chi connectivity index (χ4v) is 4.02. The molecule has 33 heavy (non-hydrogen) atoms. The normalized spacial score (nSPS) is 14.1. The van der Waals surface area contributed by atoms with Crippen LogP contribution in [0.2, 0.25) is 0 Å². The van der Waals surface area contributed by atoms with Crippen molar-refractivity contribution < 1.29 is 14.3 Å². The molecule has 0 atom stereocenters. The molecule has 7 heteroatoms. The van der Waals surface area contributed by atoms with E-state index in [2.05, 4.69) is 33.4 Å². The van der Waals surface area contributed by atoms with E-state index in [1.807, 2.05) is 30.3 Å². The quantitative estimate of drug-likeness (QED) is 0.564. The van der Waals surface area contributed by atoms with Gasteiger partial charge in [-0.05, 0) is 68.7 Å². The van der Waals surface area contributed by atoms with E-state index < -0.39 is 0 Å². The predicted octanol–water partition coefficient (Wildman–Crippen LogP) is 4.48. The molecule has 7 nitrogen and oxygen atoms in total. The second-order valence-corrected chi connectivity index (χ2v) is 8.14. The molecule has 1 fully saturated rings. The lowest BCUT2D eigenvalue weighted by atomic mass is 9.95. The monoisotopic (exact) mass is 444 g/mol. The third-order valence-electron chi connectivity index (χ3n) is 5.92. The van der Waals surface area contributed by atoms with Crippen molar-refractivity contribution in [3.8, 4) is 11.3 Å². The Balaban J connectivity index is 1.31. The Labute approximate surface area is 193 Å². The fraction of sp³-hybridized carbons (Fsp3) is 0.308. The summed E-state index contributed by atoms with van der Waals surface area (Å²) in [5, 5.41) is 11.8. The number of nitrogens with one attached hydrogen (secondary N) is 1. The molecular weight excluding hydrogens is 416 g/mol. The summed E-state index contributed by atoms with van der Waals surface area (Å²) in [6.45, 7) is 5.66. The highest BCUT2D eigenvalue weighted by Crippen LogP contribution is 2.25. The molecule has 0 aliphatic carbocycles. The number of carbonyl (C=O) groups is 2. The summed E-state index contributed by atoms with van der Waals surface area (Å²) < 4.78 is 4.98. The molecule has 0 unspecified atom stereocenters. The Bertz CT molecular complexity index is 1110. The first kappa shape index (κ1) is 22.5. The van der Waals surface area contributed by atoms with Crippen LogP contribution in [0.5, 0.6) is 0 Å². The molecule has 0 radical (unpaired) electrons. The summed E-state index contributed by atoms with van der Waals surface area (Å²) in [6, 6.07) is 18.9. The van der Waals surface area contributed by atoms with Crippen molar-refractivity contribution in [2.45, 2.75) is 26.7 Å². The minimum absolute atomic E-state index is 0.000445. The Morgan fingerprint density at radius 2 is 1.73 bits per heavy atom. The second-order valence-electron chi connectivity index (χ2n) is 8.14. The van der Waals surface area contributed by atoms with E-state index in [4.69, 9.17) is 4.74 Å². The van der Waals surface area contributed by atoms with Gasteiger partial charge in [0, 0.05) is 30.3 Å². The zero-order valence-electron chi connectivity index (χ0n) is 19.0. The van der Waals surface area contributed by atoms with Gasteiger partial charge in [-0.25, -0.2) is 4.79 Å². The highest BCUT2D eigenvalue weighted by atomic mass is 16.5. The van der Waals surface area contributed by atoms with Gasteiger partial charge in [0.05, 0.1) is 17.9 Å². The zero-order valence-corrected chi connectivity index (χ0v) is 19.0. The summed E-state index contributed by atoms with van der Waals surface area (Å²) in [7, 11) is 0. The van der Waals surface area contributed by atoms with Crippen molar-refractivity contribution in [2.75, 3.05) is 29.9 Å². The number of hydrogen-bond acceptors (Lipinski definition) is 6. The molecule has 2 aromatic carbocycles. The smallest absolute Gasteiger partial charge is 0.338 e. The van der Waals surface area contributed by atoms with Crippen LogP contribution in [-0.4, -0.2) is 41.8 Å². The van der Waals surface area contributed by atoms with Crippen molar-refractivity contribution in [1.82, 2.24) is 10.2 Å². The number of piperidine rings is 1. The molecule has 1 aliphatic heterocycles. The molecule has 2 heterocycles. The number of benzene rings is 2. The Hall–Kier alpha value is -3.74. The number of anilines is 2. The van der Waals surface area contributed by atoms with Crippen molar-refractivity contribution in [1.29, 1.82) is 0 Å². The first-order valence-electron chi connectivity index (χ1n) is 11.3. The van der Waals surface area contributed by atoms with Crippen LogP contribution in [0.25, 0.3) is 11.3 Å². The third kappa shape index (κ3) is 5.37. The number of esters is 1. The van der Waals surface area contributed by atoms with Crippen molar-refractivity contribution in [3.05, 3.63) is 71.8 Å². The lowest BCUT2D eigenvalue weighted by molar-refractivity contribution is -0.120. The SMILES string of the molecule is CCOC(=O)c1ccc(NC(=O)C2CCN(c3ccc(-c4ccccc4C)nn3)CC2)cc1. The predicted molar refractivity (Wildman–Crippen MR) is 128 cm³/mol. The number of carbonyl (C=O) groups excluding carboxylic acids is 2. The molecule has 0 bridgehead atoms. The first-order valence-corrected chi connectivity index (χ1v) is 11.3. The lowest BCUT2D eigenvalue weighted by Gasteiger charge is -2.31. The van der Waals surface area contributed by atoms with Crippen LogP contribution in [0.3, 0.4) is 0 Å². The van der Waals surface area contributed by atoms with Crippen molar-refractivity contribution >= 4 is 23.4 Å². The molecule has 0 saturated carbocycles. The Morgan fingerprint density at radius 3 is 2.36 bits per heavy atom. The Kier molecular flexibility index (Phi) is 6.98. The molecule has 1 N–H and O–H groups in total. The van der Waals surface area contributed by atoms with Gasteiger partial charge in [0.15, 0.2) is 5.82 Å². The van der Waals surface area contributed by atoms with Crippen LogP contribution in [-0.2, 0) is 9.53 Å². The maximum atomic E-state index is 12.7. The molecule has 0 spiro atoms. The Morgan fingerprint density at radius 1 is 1.00 bits per heavy atom. The number of aromatic nitrogens is 2. The van der Waals surface area contributed by atoms with Crippen LogP contribution in [0.4, 0.5) is 11.5 Å². The van der Waals surface area contributed by atoms with Gasteiger partial charge < -0.3 is 15.0 Å². The molecule has 4 rings (SSSR count). The summed E-state index contributed by atoms with van der Waals surface area (Å²) in [5.74, 6) is 0.406. The largest absolute Gasteiger partial charge is 0.462 e. The van der Waals surface area contributed by atoms with E-state index in [1.54, 1.807) is 31.2 Å². The number of hydrogen-bond donors (Lipinski definition) is 1. The molecular formula is C26H28N4O3. The summed E-state index contributed by atoms with van der Waals surface area (Å²) >= 11 is 0. The number of amides is 1. The van der Waals surface area contributed by atoms with Gasteiger partial charge in [0.25, 0.3) is 0 Å². The minimum Gasteiger partial charge on any atom is -0.462 e. The van der Waals surface area contributed by atoms with Crippen LogP contribution < -0.4 is 10.2 Å². The fourth-order valence-electron chi connectivity index (χ4n) is 4.02. The van der Waals surface area contributed by atoms with Gasteiger partial charge >= 0.3 is 5.97 Å². The van der Waals surface area contributed by atoms with Crippen LogP contribution in [0, 0.1) is 12.8 Å². The van der Waals surface area contributed by atoms with Crippen LogP contribution >= 0.6 is 0 Å². The van der Waals surface area contributed by atoms with Crippen LogP contribution in [0.1, 0.15) is 35.7 Å². The molecule has 170 valence electrons. The van der Waals surface area contributed by atoms with Gasteiger partial charge in [-0.2, -0.15) is 0 Å². The molecule has 1 aromatic heterocycles. The second kappa shape index (κ2) is 10.3. The average molecular weight is 445 g/mol. The van der Waals surface area contributed by atoms with E-state index in [0.29, 0.717) is 17.9 Å². The summed E-state index contributed by atoms with van der Waals surface area (Å²) in [4.78, 5) is 26.6. The lowest BCUT2D eigenvalue weighted by Crippen LogP contribution is -2.38. The number of rotatable bonds is 6. The van der Waals surface area contributed by atoms with Crippen molar-refractivity contribution in [3.63, 3.8) is 0 Å². The van der Waals surface area contributed by atoms with Gasteiger partial charge in [0.1, 0.15) is 0 Å². The topological polar surface area (TPSA) is 84.4 Å².